The number of allylic oxidation sites excluding steroid dienone is 2. The van der Waals surface area contributed by atoms with Crippen LogP contribution in [0.3, 0.4) is 0 Å². The van der Waals surface area contributed by atoms with Gasteiger partial charge in [0.15, 0.2) is 0 Å². The summed E-state index contributed by atoms with van der Waals surface area (Å²) in [6, 6.07) is 8.20. The number of anilines is 1. The van der Waals surface area contributed by atoms with E-state index in [2.05, 4.69) is 64.2 Å². The molecule has 11 atom stereocenters. The first-order valence-electron chi connectivity index (χ1n) is 14.9. The zero-order chi connectivity index (χ0) is 27.3. The maximum absolute atomic E-state index is 11.5. The first kappa shape index (κ1) is 26.5. The van der Waals surface area contributed by atoms with Crippen LogP contribution in [0.1, 0.15) is 76.6 Å². The van der Waals surface area contributed by atoms with Crippen LogP contribution >= 0.6 is 0 Å². The van der Waals surface area contributed by atoms with Crippen molar-refractivity contribution in [1.82, 2.24) is 4.90 Å². The Bertz CT molecular complexity index is 1130. The molecule has 2 spiro atoms. The van der Waals surface area contributed by atoms with Gasteiger partial charge in [-0.15, -0.1) is 0 Å². The summed E-state index contributed by atoms with van der Waals surface area (Å²) in [5.41, 5.74) is 2.18. The van der Waals surface area contributed by atoms with Crippen LogP contribution in [0.5, 0.6) is 0 Å². The zero-order valence-electron chi connectivity index (χ0n) is 24.2. The summed E-state index contributed by atoms with van der Waals surface area (Å²) in [7, 11) is 4.31. The molecular formula is C33H48N2O3. The van der Waals surface area contributed by atoms with Gasteiger partial charge in [0, 0.05) is 34.7 Å². The van der Waals surface area contributed by atoms with Gasteiger partial charge >= 0.3 is 0 Å². The molecule has 1 aromatic carbocycles. The maximum Gasteiger partial charge on any atom is 0.150 e. The van der Waals surface area contributed by atoms with Gasteiger partial charge in [-0.2, -0.15) is 0 Å². The predicted octanol–water partition coefficient (Wildman–Crippen LogP) is 5.39. The Morgan fingerprint density at radius 3 is 2.32 bits per heavy atom. The van der Waals surface area contributed by atoms with Crippen molar-refractivity contribution in [2.45, 2.75) is 84.4 Å². The van der Waals surface area contributed by atoms with Gasteiger partial charge in [-0.3, -0.25) is 4.79 Å². The molecule has 0 heterocycles. The van der Waals surface area contributed by atoms with Gasteiger partial charge < -0.3 is 20.4 Å². The van der Waals surface area contributed by atoms with E-state index in [0.717, 1.165) is 24.8 Å². The van der Waals surface area contributed by atoms with E-state index in [-0.39, 0.29) is 46.3 Å². The van der Waals surface area contributed by atoms with Crippen molar-refractivity contribution < 1.29 is 15.0 Å². The topological polar surface area (TPSA) is 72.8 Å². The van der Waals surface area contributed by atoms with E-state index in [4.69, 9.17) is 0 Å². The lowest BCUT2D eigenvalue weighted by molar-refractivity contribution is -0.108. The molecule has 0 aliphatic heterocycles. The number of rotatable bonds is 6. The second kappa shape index (κ2) is 8.41. The Balaban J connectivity index is 1.33. The van der Waals surface area contributed by atoms with Crippen molar-refractivity contribution in [1.29, 1.82) is 0 Å². The van der Waals surface area contributed by atoms with Crippen molar-refractivity contribution in [3.05, 3.63) is 42.0 Å². The monoisotopic (exact) mass is 520 g/mol. The summed E-state index contributed by atoms with van der Waals surface area (Å²) < 4.78 is 0. The van der Waals surface area contributed by atoms with E-state index < -0.39 is 0 Å². The molecule has 4 fully saturated rings. The standard InChI is InChI=1S/C33H48N2O3/c1-21(35(5)6)28-24(38)17-31(4)26-12-11-25-29(2,20-37)27(34-23-9-7-22(18-36)8-10-23)13-14-32(25)19-33(26,32)16-15-30(28,31)3/h7-12,18,21,24-28,34,37-38H,13-17,19-20H2,1-6H3/t21-,24+,25-,26+,27-,28+,29-,30-,31+,32+,33-/m0/s1. The minimum absolute atomic E-state index is 0.0790. The molecule has 5 heteroatoms. The van der Waals surface area contributed by atoms with Crippen molar-refractivity contribution in [2.24, 2.45) is 44.8 Å². The SMILES string of the molecule is C[C@@H]([C@@H]1[C@H](O)C[C@]2(C)[C@H]3C=C[C@H]4[C@](C)(CO)[C@@H](Nc5ccc(C=O)cc5)CC[C@@]45C[C@@]35CC[C@@]12C)N(C)C. The second-order valence-electron chi connectivity index (χ2n) is 14.8. The molecule has 0 aromatic heterocycles. The molecule has 0 bridgehead atoms. The molecule has 0 unspecified atom stereocenters. The largest absolute Gasteiger partial charge is 0.396 e. The number of carbonyl (C=O) groups excluding carboxylic acids is 1. The normalized spacial score (nSPS) is 49.4. The fourth-order valence-electron chi connectivity index (χ4n) is 11.1. The molecule has 208 valence electrons. The van der Waals surface area contributed by atoms with E-state index >= 15 is 0 Å². The highest BCUT2D eigenvalue weighted by Crippen LogP contribution is 2.87. The third-order valence-corrected chi connectivity index (χ3v) is 13.5. The fourth-order valence-corrected chi connectivity index (χ4v) is 11.1. The van der Waals surface area contributed by atoms with Crippen molar-refractivity contribution in [2.75, 3.05) is 26.0 Å². The van der Waals surface area contributed by atoms with Crippen molar-refractivity contribution >= 4 is 12.0 Å². The number of nitrogens with zero attached hydrogens (tertiary/aromatic N) is 1. The Morgan fingerprint density at radius 2 is 1.68 bits per heavy atom. The molecule has 1 aromatic rings. The third-order valence-electron chi connectivity index (χ3n) is 13.5. The fraction of sp³-hybridized carbons (Fsp3) is 0.727. The quantitative estimate of drug-likeness (QED) is 0.347. The molecule has 5 aliphatic rings. The summed E-state index contributed by atoms with van der Waals surface area (Å²) in [4.78, 5) is 13.4. The highest BCUT2D eigenvalue weighted by molar-refractivity contribution is 5.75. The minimum atomic E-state index is -0.259. The average molecular weight is 521 g/mol. The Kier molecular flexibility index (Phi) is 5.87. The number of carbonyl (C=O) groups is 1. The van der Waals surface area contributed by atoms with E-state index in [0.29, 0.717) is 28.9 Å². The molecular weight excluding hydrogens is 472 g/mol. The van der Waals surface area contributed by atoms with Crippen LogP contribution < -0.4 is 5.32 Å². The minimum Gasteiger partial charge on any atom is -0.396 e. The summed E-state index contributed by atoms with van der Waals surface area (Å²) >= 11 is 0. The first-order chi connectivity index (χ1) is 17.9. The predicted molar refractivity (Wildman–Crippen MR) is 152 cm³/mol. The summed E-state index contributed by atoms with van der Waals surface area (Å²) in [6.45, 7) is 9.74. The Labute approximate surface area is 229 Å². The number of nitrogens with one attached hydrogen (secondary N) is 1. The summed E-state index contributed by atoms with van der Waals surface area (Å²) in [5.74, 6) is 1.11. The van der Waals surface area contributed by atoms with E-state index in [1.165, 1.54) is 25.7 Å². The molecule has 4 saturated carbocycles. The number of hydrogen-bond donors (Lipinski definition) is 3. The summed E-state index contributed by atoms with van der Waals surface area (Å²) in [6.07, 6.45) is 12.5. The molecule has 0 radical (unpaired) electrons. The molecule has 5 nitrogen and oxygen atoms in total. The van der Waals surface area contributed by atoms with Gasteiger partial charge in [0.1, 0.15) is 6.29 Å². The molecule has 3 N–H and O–H groups in total. The molecule has 0 amide bonds. The lowest BCUT2D eigenvalue weighted by atomic mass is 9.43. The van der Waals surface area contributed by atoms with Crippen LogP contribution in [-0.4, -0.2) is 60.3 Å². The van der Waals surface area contributed by atoms with Crippen LogP contribution in [0, 0.1) is 44.8 Å². The maximum atomic E-state index is 11.5. The second-order valence-corrected chi connectivity index (χ2v) is 14.8. The van der Waals surface area contributed by atoms with Gasteiger partial charge in [-0.1, -0.05) is 32.9 Å². The molecule has 5 aliphatic carbocycles. The zero-order valence-corrected chi connectivity index (χ0v) is 24.2. The van der Waals surface area contributed by atoms with Crippen LogP contribution in [0.15, 0.2) is 36.4 Å². The van der Waals surface area contributed by atoms with Gasteiger partial charge in [-0.05, 0) is 117 Å². The van der Waals surface area contributed by atoms with E-state index in [1.807, 2.05) is 24.3 Å². The number of aliphatic hydroxyl groups excluding tert-OH is 2. The average Bonchev–Trinajstić information content (AvgIpc) is 3.50. The number of aldehydes is 1. The molecule has 38 heavy (non-hydrogen) atoms. The third kappa shape index (κ3) is 3.13. The van der Waals surface area contributed by atoms with E-state index in [9.17, 15) is 15.0 Å². The van der Waals surface area contributed by atoms with Crippen LogP contribution in [0.25, 0.3) is 0 Å². The van der Waals surface area contributed by atoms with Gasteiger partial charge in [0.2, 0.25) is 0 Å². The van der Waals surface area contributed by atoms with Crippen LogP contribution in [0.2, 0.25) is 0 Å². The van der Waals surface area contributed by atoms with Gasteiger partial charge in [0.05, 0.1) is 12.7 Å². The van der Waals surface area contributed by atoms with E-state index in [1.54, 1.807) is 0 Å². The lowest BCUT2D eigenvalue weighted by Gasteiger charge is -2.62. The molecule has 0 saturated heterocycles. The van der Waals surface area contributed by atoms with Gasteiger partial charge in [0.25, 0.3) is 0 Å². The Hall–Kier alpha value is -1.69. The number of hydrogen-bond acceptors (Lipinski definition) is 5. The van der Waals surface area contributed by atoms with Crippen LogP contribution in [-0.2, 0) is 0 Å². The highest BCUT2D eigenvalue weighted by Gasteiger charge is 2.82. The summed E-state index contributed by atoms with van der Waals surface area (Å²) in [5, 5.41) is 26.2. The van der Waals surface area contributed by atoms with Crippen LogP contribution in [0.4, 0.5) is 5.69 Å². The smallest absolute Gasteiger partial charge is 0.150 e. The van der Waals surface area contributed by atoms with Crippen molar-refractivity contribution in [3.63, 3.8) is 0 Å². The number of fused-ring (bicyclic) bond motifs is 2. The Morgan fingerprint density at radius 1 is 1.03 bits per heavy atom. The molecule has 6 rings (SSSR count). The van der Waals surface area contributed by atoms with Gasteiger partial charge in [-0.25, -0.2) is 0 Å². The number of aliphatic hydroxyl groups is 2. The first-order valence-corrected chi connectivity index (χ1v) is 14.9. The highest BCUT2D eigenvalue weighted by atomic mass is 16.3. The number of benzene rings is 1. The van der Waals surface area contributed by atoms with Crippen molar-refractivity contribution in [3.8, 4) is 0 Å². The lowest BCUT2D eigenvalue weighted by Crippen LogP contribution is -2.59.